The second kappa shape index (κ2) is 10.3. The molecule has 1 aromatic rings. The summed E-state index contributed by atoms with van der Waals surface area (Å²) in [6, 6.07) is 6.87. The van der Waals surface area contributed by atoms with Crippen molar-refractivity contribution in [2.24, 2.45) is 17.3 Å². The molecule has 194 valence electrons. The number of rotatable bonds is 6. The molecule has 8 atom stereocenters. The van der Waals surface area contributed by atoms with E-state index in [1.807, 2.05) is 7.11 Å². The lowest BCUT2D eigenvalue weighted by Crippen LogP contribution is -2.46. The Morgan fingerprint density at radius 2 is 1.71 bits per heavy atom. The fourth-order valence-electron chi connectivity index (χ4n) is 8.27. The molecule has 0 aromatic heterocycles. The Bertz CT molecular complexity index is 860. The summed E-state index contributed by atoms with van der Waals surface area (Å²) in [4.78, 5) is 0. The monoisotopic (exact) mass is 484 g/mol. The summed E-state index contributed by atoms with van der Waals surface area (Å²) in [5.41, 5.74) is 3.26. The van der Waals surface area contributed by atoms with Crippen LogP contribution in [0.2, 0.25) is 0 Å². The summed E-state index contributed by atoms with van der Waals surface area (Å²) in [6.07, 6.45) is 13.2. The number of ether oxygens (including phenoxy) is 5. The van der Waals surface area contributed by atoms with Crippen molar-refractivity contribution < 1.29 is 23.7 Å². The van der Waals surface area contributed by atoms with Gasteiger partial charge in [-0.3, -0.25) is 0 Å². The van der Waals surface area contributed by atoms with Gasteiger partial charge >= 0.3 is 0 Å². The minimum Gasteiger partial charge on any atom is -0.465 e. The van der Waals surface area contributed by atoms with Crippen LogP contribution in [0.4, 0.5) is 0 Å². The van der Waals surface area contributed by atoms with Crippen LogP contribution in [0.5, 0.6) is 5.75 Å². The van der Waals surface area contributed by atoms with Crippen molar-refractivity contribution in [3.05, 3.63) is 29.3 Å². The molecule has 0 bridgehead atoms. The highest BCUT2D eigenvalue weighted by Gasteiger charge is 2.56. The van der Waals surface area contributed by atoms with Gasteiger partial charge in [-0.1, -0.05) is 13.0 Å². The third-order valence-electron chi connectivity index (χ3n) is 10.0. The van der Waals surface area contributed by atoms with E-state index in [0.717, 1.165) is 44.8 Å². The third kappa shape index (κ3) is 4.67. The third-order valence-corrected chi connectivity index (χ3v) is 10.0. The predicted octanol–water partition coefficient (Wildman–Crippen LogP) is 6.55. The molecule has 1 aromatic carbocycles. The molecule has 5 aliphatic rings. The molecule has 35 heavy (non-hydrogen) atoms. The molecule has 4 fully saturated rings. The largest absolute Gasteiger partial charge is 0.465 e. The van der Waals surface area contributed by atoms with Crippen LogP contribution in [0, 0.1) is 17.3 Å². The van der Waals surface area contributed by atoms with Gasteiger partial charge in [0.1, 0.15) is 5.75 Å². The second-order valence-electron chi connectivity index (χ2n) is 12.0. The molecular weight excluding hydrogens is 440 g/mol. The lowest BCUT2D eigenvalue weighted by atomic mass is 9.54. The van der Waals surface area contributed by atoms with E-state index >= 15 is 0 Å². The van der Waals surface area contributed by atoms with Crippen LogP contribution in [-0.2, 0) is 18.9 Å². The van der Waals surface area contributed by atoms with E-state index in [2.05, 4.69) is 25.1 Å². The number of hydrogen-bond acceptors (Lipinski definition) is 5. The molecule has 0 N–H and O–H groups in total. The molecule has 3 aliphatic carbocycles. The van der Waals surface area contributed by atoms with Crippen molar-refractivity contribution in [1.29, 1.82) is 0 Å². The van der Waals surface area contributed by atoms with Crippen molar-refractivity contribution >= 4 is 0 Å². The smallest absolute Gasteiger partial charge is 0.199 e. The van der Waals surface area contributed by atoms with E-state index in [0.29, 0.717) is 29.8 Å². The molecule has 6 rings (SSSR count). The second-order valence-corrected chi connectivity index (χ2v) is 12.0. The predicted molar refractivity (Wildman–Crippen MR) is 135 cm³/mol. The highest BCUT2D eigenvalue weighted by molar-refractivity contribution is 5.43. The quantitative estimate of drug-likeness (QED) is 0.458. The van der Waals surface area contributed by atoms with E-state index in [4.69, 9.17) is 23.7 Å². The Labute approximate surface area is 211 Å². The lowest BCUT2D eigenvalue weighted by molar-refractivity contribution is -0.213. The summed E-state index contributed by atoms with van der Waals surface area (Å²) < 4.78 is 30.5. The molecule has 0 spiro atoms. The van der Waals surface area contributed by atoms with Gasteiger partial charge in [-0.2, -0.15) is 0 Å². The van der Waals surface area contributed by atoms with Crippen molar-refractivity contribution in [3.8, 4) is 5.75 Å². The van der Waals surface area contributed by atoms with Crippen LogP contribution in [0.25, 0.3) is 0 Å². The van der Waals surface area contributed by atoms with E-state index in [1.54, 1.807) is 5.56 Å². The van der Waals surface area contributed by atoms with Gasteiger partial charge in [0.2, 0.25) is 0 Å². The summed E-state index contributed by atoms with van der Waals surface area (Å²) >= 11 is 0. The molecule has 2 saturated carbocycles. The van der Waals surface area contributed by atoms with E-state index in [-0.39, 0.29) is 18.0 Å². The van der Waals surface area contributed by atoms with Gasteiger partial charge in [0.05, 0.1) is 19.3 Å². The van der Waals surface area contributed by atoms with Gasteiger partial charge in [0, 0.05) is 26.1 Å². The van der Waals surface area contributed by atoms with Gasteiger partial charge in [0.15, 0.2) is 12.6 Å². The normalized spacial score (nSPS) is 41.0. The zero-order chi connectivity index (χ0) is 23.8. The van der Waals surface area contributed by atoms with Crippen LogP contribution < -0.4 is 4.74 Å². The van der Waals surface area contributed by atoms with Crippen LogP contribution in [-0.4, -0.2) is 45.6 Å². The Morgan fingerprint density at radius 3 is 2.46 bits per heavy atom. The summed E-state index contributed by atoms with van der Waals surface area (Å²) in [5, 5.41) is 0. The van der Waals surface area contributed by atoms with Crippen molar-refractivity contribution in [2.75, 3.05) is 26.9 Å². The van der Waals surface area contributed by atoms with E-state index in [9.17, 15) is 0 Å². The SMILES string of the molecule is COCC1CC2C(CC[C@@]3(C)C2CC[C@@H]3OC2CCCCO2)c2ccc(OC3CCCCO3)cc21. The first-order chi connectivity index (χ1) is 17.2. The molecule has 0 radical (unpaired) electrons. The standard InChI is InChI=1S/C30H44O5/c1-30-14-13-23-22-10-9-21(34-28-7-3-5-15-32-28)18-24(22)20(19-31-2)17-25(23)26(30)11-12-27(30)35-29-8-4-6-16-33-29/h9-10,18,20,23,25-29H,3-8,11-17,19H2,1-2H3/t20?,23?,25?,26?,27-,28?,29?,30-/m0/s1. The Balaban J connectivity index is 1.22. The minimum absolute atomic E-state index is 0.0157. The fourth-order valence-corrected chi connectivity index (χ4v) is 8.27. The molecule has 6 unspecified atom stereocenters. The highest BCUT2D eigenvalue weighted by Crippen LogP contribution is 2.63. The Kier molecular flexibility index (Phi) is 7.14. The number of hydrogen-bond donors (Lipinski definition) is 0. The zero-order valence-electron chi connectivity index (χ0n) is 21.7. The zero-order valence-corrected chi connectivity index (χ0v) is 21.7. The van der Waals surface area contributed by atoms with Gasteiger partial charge in [-0.15, -0.1) is 0 Å². The maximum absolute atomic E-state index is 6.66. The lowest BCUT2D eigenvalue weighted by Gasteiger charge is -2.52. The first-order valence-corrected chi connectivity index (χ1v) is 14.3. The molecule has 2 saturated heterocycles. The average Bonchev–Trinajstić information content (AvgIpc) is 3.22. The van der Waals surface area contributed by atoms with Gasteiger partial charge < -0.3 is 23.7 Å². The number of fused-ring (bicyclic) bond motifs is 5. The van der Waals surface area contributed by atoms with Crippen molar-refractivity contribution in [3.63, 3.8) is 0 Å². The van der Waals surface area contributed by atoms with Crippen LogP contribution >= 0.6 is 0 Å². The summed E-state index contributed by atoms with van der Waals surface area (Å²) in [6.45, 7) is 4.97. The number of methoxy groups -OCH3 is 1. The Morgan fingerprint density at radius 1 is 0.914 bits per heavy atom. The van der Waals surface area contributed by atoms with E-state index < -0.39 is 0 Å². The summed E-state index contributed by atoms with van der Waals surface area (Å²) in [7, 11) is 1.84. The molecule has 5 heteroatoms. The van der Waals surface area contributed by atoms with E-state index in [1.165, 1.54) is 56.9 Å². The first kappa shape index (κ1) is 24.2. The average molecular weight is 485 g/mol. The van der Waals surface area contributed by atoms with Gasteiger partial charge in [0.25, 0.3) is 0 Å². The highest BCUT2D eigenvalue weighted by atomic mass is 16.7. The number of benzene rings is 1. The first-order valence-electron chi connectivity index (χ1n) is 14.3. The molecule has 5 nitrogen and oxygen atoms in total. The Hall–Kier alpha value is -1.14. The van der Waals surface area contributed by atoms with Gasteiger partial charge in [-0.05, 0) is 111 Å². The molecule has 2 aliphatic heterocycles. The van der Waals surface area contributed by atoms with Crippen LogP contribution in [0.1, 0.15) is 101 Å². The van der Waals surface area contributed by atoms with Gasteiger partial charge in [-0.25, -0.2) is 0 Å². The maximum atomic E-state index is 6.66. The topological polar surface area (TPSA) is 46.2 Å². The maximum Gasteiger partial charge on any atom is 0.199 e. The fraction of sp³-hybridized carbons (Fsp3) is 0.800. The van der Waals surface area contributed by atoms with Crippen molar-refractivity contribution in [2.45, 2.75) is 108 Å². The molecule has 0 amide bonds. The van der Waals surface area contributed by atoms with Crippen LogP contribution in [0.3, 0.4) is 0 Å². The molecular formula is C30H44O5. The minimum atomic E-state index is -0.0991. The van der Waals surface area contributed by atoms with Crippen LogP contribution in [0.15, 0.2) is 18.2 Å². The molecule has 2 heterocycles. The van der Waals surface area contributed by atoms with Crippen molar-refractivity contribution in [1.82, 2.24) is 0 Å². The summed E-state index contributed by atoms with van der Waals surface area (Å²) in [5.74, 6) is 3.44.